The lowest BCUT2D eigenvalue weighted by molar-refractivity contribution is 0.0682. The molecule has 2 heterocycles. The summed E-state index contributed by atoms with van der Waals surface area (Å²) in [5.74, 6) is 1.15. The highest BCUT2D eigenvalue weighted by molar-refractivity contribution is 6.02. The highest BCUT2D eigenvalue weighted by Gasteiger charge is 2.42. The number of benzene rings is 1. The molecule has 3 heteroatoms. The van der Waals surface area contributed by atoms with Gasteiger partial charge in [0.15, 0.2) is 5.78 Å². The number of aromatic nitrogens is 1. The number of carbonyl (C=O) groups excluding carboxylic acids is 1. The van der Waals surface area contributed by atoms with Crippen molar-refractivity contribution in [2.75, 3.05) is 19.6 Å². The number of aryl methyl sites for hydroxylation is 1. The van der Waals surface area contributed by atoms with Crippen molar-refractivity contribution in [1.29, 1.82) is 0 Å². The first kappa shape index (κ1) is 16.1. The van der Waals surface area contributed by atoms with Crippen molar-refractivity contribution in [3.63, 3.8) is 0 Å². The van der Waals surface area contributed by atoms with E-state index >= 15 is 0 Å². The molecule has 3 aliphatic rings. The van der Waals surface area contributed by atoms with Crippen LogP contribution in [0.25, 0.3) is 6.08 Å². The minimum Gasteiger partial charge on any atom is -0.361 e. The second-order valence-electron chi connectivity index (χ2n) is 8.09. The number of likely N-dealkylation sites (tertiary alicyclic amines) is 1. The lowest BCUT2D eigenvalue weighted by Crippen LogP contribution is -2.46. The first-order chi connectivity index (χ1) is 12.8. The fraction of sp³-hybridized carbons (Fsp3) is 0.435. The maximum Gasteiger partial charge on any atom is 0.169 e. The van der Waals surface area contributed by atoms with Gasteiger partial charge in [0.2, 0.25) is 0 Å². The van der Waals surface area contributed by atoms with Gasteiger partial charge in [-0.15, -0.1) is 0 Å². The van der Waals surface area contributed by atoms with Gasteiger partial charge in [0.05, 0.1) is 0 Å². The third-order valence-electron chi connectivity index (χ3n) is 6.49. The summed E-state index contributed by atoms with van der Waals surface area (Å²) in [4.78, 5) is 19.3. The molecule has 2 aromatic rings. The standard InChI is InChI=1S/C23H26N2O/c26-23-19-15-25(12-5-8-16-6-2-1-3-7-16)13-11-17(19)14-21-22(23)18-9-4-10-20(18)24-21/h1-3,5-8,17,19,24H,4,9-15H2/t17-,19+/m0/s1. The van der Waals surface area contributed by atoms with E-state index in [1.165, 1.54) is 28.9 Å². The average Bonchev–Trinajstić information content (AvgIpc) is 3.24. The maximum atomic E-state index is 13.2. The van der Waals surface area contributed by atoms with Crippen LogP contribution in [-0.4, -0.2) is 35.3 Å². The molecule has 5 rings (SSSR count). The topological polar surface area (TPSA) is 36.1 Å². The van der Waals surface area contributed by atoms with Crippen LogP contribution in [0.3, 0.4) is 0 Å². The molecule has 2 atom stereocenters. The zero-order valence-corrected chi connectivity index (χ0v) is 15.2. The number of ketones is 1. The maximum absolute atomic E-state index is 13.2. The van der Waals surface area contributed by atoms with Gasteiger partial charge in [0, 0.05) is 36.0 Å². The Kier molecular flexibility index (Phi) is 4.05. The molecule has 1 saturated heterocycles. The number of fused-ring (bicyclic) bond motifs is 4. The van der Waals surface area contributed by atoms with E-state index in [4.69, 9.17) is 0 Å². The fourth-order valence-corrected chi connectivity index (χ4v) is 5.16. The number of H-pyrrole nitrogens is 1. The average molecular weight is 346 g/mol. The molecular weight excluding hydrogens is 320 g/mol. The van der Waals surface area contributed by atoms with Crippen LogP contribution >= 0.6 is 0 Å². The Hall–Kier alpha value is -2.13. The van der Waals surface area contributed by atoms with Gasteiger partial charge in [0.25, 0.3) is 0 Å². The van der Waals surface area contributed by atoms with Gasteiger partial charge in [-0.2, -0.15) is 0 Å². The number of aromatic amines is 1. The highest BCUT2D eigenvalue weighted by Crippen LogP contribution is 2.40. The molecule has 3 nitrogen and oxygen atoms in total. The summed E-state index contributed by atoms with van der Waals surface area (Å²) >= 11 is 0. The van der Waals surface area contributed by atoms with Gasteiger partial charge in [-0.05, 0) is 55.7 Å². The van der Waals surface area contributed by atoms with Crippen molar-refractivity contribution < 1.29 is 4.79 Å². The van der Waals surface area contributed by atoms with E-state index in [-0.39, 0.29) is 5.92 Å². The first-order valence-corrected chi connectivity index (χ1v) is 10.0. The quantitative estimate of drug-likeness (QED) is 0.915. The molecule has 2 aliphatic carbocycles. The SMILES string of the molecule is O=C1c2c([nH]c3c2CCC3)C[C@@H]2CCN(CC=Cc3ccccc3)C[C@@H]12. The Balaban J connectivity index is 1.29. The van der Waals surface area contributed by atoms with Crippen LogP contribution < -0.4 is 0 Å². The second kappa shape index (κ2) is 6.55. The number of carbonyl (C=O) groups is 1. The summed E-state index contributed by atoms with van der Waals surface area (Å²) in [5, 5.41) is 0. The summed E-state index contributed by atoms with van der Waals surface area (Å²) < 4.78 is 0. The molecule has 0 unspecified atom stereocenters. The number of hydrogen-bond acceptors (Lipinski definition) is 2. The zero-order chi connectivity index (χ0) is 17.5. The molecule has 26 heavy (non-hydrogen) atoms. The largest absolute Gasteiger partial charge is 0.361 e. The van der Waals surface area contributed by atoms with Gasteiger partial charge in [-0.25, -0.2) is 0 Å². The first-order valence-electron chi connectivity index (χ1n) is 10.0. The van der Waals surface area contributed by atoms with Crippen LogP contribution in [0.5, 0.6) is 0 Å². The molecule has 1 N–H and O–H groups in total. The zero-order valence-electron chi connectivity index (χ0n) is 15.2. The molecule has 1 fully saturated rings. The van der Waals surface area contributed by atoms with Crippen molar-refractivity contribution in [3.05, 3.63) is 64.5 Å². The third-order valence-corrected chi connectivity index (χ3v) is 6.49. The molecule has 1 aliphatic heterocycles. The van der Waals surface area contributed by atoms with E-state index < -0.39 is 0 Å². The number of nitrogens with one attached hydrogen (secondary N) is 1. The summed E-state index contributed by atoms with van der Waals surface area (Å²) in [7, 11) is 0. The fourth-order valence-electron chi connectivity index (χ4n) is 5.16. The number of piperidine rings is 1. The van der Waals surface area contributed by atoms with E-state index in [1.807, 2.05) is 6.07 Å². The number of nitrogens with zero attached hydrogens (tertiary/aromatic N) is 1. The van der Waals surface area contributed by atoms with Crippen LogP contribution in [-0.2, 0) is 19.3 Å². The predicted molar refractivity (Wildman–Crippen MR) is 104 cm³/mol. The van der Waals surface area contributed by atoms with Crippen molar-refractivity contribution in [3.8, 4) is 0 Å². The van der Waals surface area contributed by atoms with E-state index in [0.717, 1.165) is 50.9 Å². The third kappa shape index (κ3) is 2.75. The summed E-state index contributed by atoms with van der Waals surface area (Å²) in [6, 6.07) is 10.4. The second-order valence-corrected chi connectivity index (χ2v) is 8.09. The predicted octanol–water partition coefficient (Wildman–Crippen LogP) is 3.89. The normalized spacial score (nSPS) is 25.3. The van der Waals surface area contributed by atoms with Gasteiger partial charge in [-0.1, -0.05) is 42.5 Å². The monoisotopic (exact) mass is 346 g/mol. The van der Waals surface area contributed by atoms with Crippen LogP contribution in [0, 0.1) is 11.8 Å². The van der Waals surface area contributed by atoms with Gasteiger partial charge in [-0.3, -0.25) is 9.69 Å². The lowest BCUT2D eigenvalue weighted by atomic mass is 9.72. The van der Waals surface area contributed by atoms with E-state index in [1.54, 1.807) is 0 Å². The Morgan fingerprint density at radius 2 is 2.04 bits per heavy atom. The summed E-state index contributed by atoms with van der Waals surface area (Å²) in [6.45, 7) is 2.95. The van der Waals surface area contributed by atoms with E-state index in [9.17, 15) is 4.79 Å². The van der Waals surface area contributed by atoms with Crippen LogP contribution in [0.2, 0.25) is 0 Å². The van der Waals surface area contributed by atoms with Crippen molar-refractivity contribution >= 4 is 11.9 Å². The molecule has 0 spiro atoms. The van der Waals surface area contributed by atoms with Gasteiger partial charge < -0.3 is 4.98 Å². The van der Waals surface area contributed by atoms with Crippen molar-refractivity contribution in [2.24, 2.45) is 11.8 Å². The molecule has 0 saturated carbocycles. The van der Waals surface area contributed by atoms with E-state index in [0.29, 0.717) is 11.7 Å². The van der Waals surface area contributed by atoms with Crippen molar-refractivity contribution in [1.82, 2.24) is 9.88 Å². The number of Topliss-reactive ketones (excluding diaryl/α,β-unsaturated/α-hetero) is 1. The minimum absolute atomic E-state index is 0.196. The van der Waals surface area contributed by atoms with Gasteiger partial charge in [0.1, 0.15) is 0 Å². The number of hydrogen-bond donors (Lipinski definition) is 1. The molecule has 134 valence electrons. The Labute approximate surface area is 155 Å². The molecule has 0 bridgehead atoms. The van der Waals surface area contributed by atoms with E-state index in [2.05, 4.69) is 46.3 Å². The van der Waals surface area contributed by atoms with Crippen molar-refractivity contribution in [2.45, 2.75) is 32.1 Å². The highest BCUT2D eigenvalue weighted by atomic mass is 16.1. The number of rotatable bonds is 3. The summed E-state index contributed by atoms with van der Waals surface area (Å²) in [5.41, 5.74) is 6.27. The summed E-state index contributed by atoms with van der Waals surface area (Å²) in [6.07, 6.45) is 10.1. The minimum atomic E-state index is 0.196. The molecular formula is C23H26N2O. The molecule has 0 amide bonds. The van der Waals surface area contributed by atoms with Crippen LogP contribution in [0.1, 0.15) is 45.7 Å². The lowest BCUT2D eigenvalue weighted by Gasteiger charge is -2.40. The Morgan fingerprint density at radius 1 is 1.15 bits per heavy atom. The van der Waals surface area contributed by atoms with Crippen LogP contribution in [0.15, 0.2) is 36.4 Å². The molecule has 0 radical (unpaired) electrons. The molecule has 1 aromatic heterocycles. The Morgan fingerprint density at radius 3 is 2.92 bits per heavy atom. The Bertz CT molecular complexity index is 849. The smallest absolute Gasteiger partial charge is 0.169 e. The van der Waals surface area contributed by atoms with Gasteiger partial charge >= 0.3 is 0 Å². The van der Waals surface area contributed by atoms with Crippen LogP contribution in [0.4, 0.5) is 0 Å². The molecule has 1 aromatic carbocycles.